The lowest BCUT2D eigenvalue weighted by atomic mass is 9.85. The lowest BCUT2D eigenvalue weighted by molar-refractivity contribution is 0.0491. The minimum absolute atomic E-state index is 0.178. The number of hydrogen-bond donors (Lipinski definition) is 1. The van der Waals surface area contributed by atoms with Gasteiger partial charge in [-0.05, 0) is 52.9 Å². The number of nitrogens with one attached hydrogen (secondary N) is 1. The first-order chi connectivity index (χ1) is 11.8. The number of aromatic nitrogens is 3. The van der Waals surface area contributed by atoms with E-state index in [0.29, 0.717) is 11.8 Å². The molecule has 1 saturated carbocycles. The van der Waals surface area contributed by atoms with Crippen LogP contribution in [0, 0.1) is 0 Å². The van der Waals surface area contributed by atoms with Gasteiger partial charge >= 0.3 is 6.09 Å². The second kappa shape index (κ2) is 9.12. The molecule has 0 unspecified atom stereocenters. The molecule has 1 fully saturated rings. The van der Waals surface area contributed by atoms with Gasteiger partial charge in [0.05, 0.1) is 0 Å². The molecule has 0 saturated heterocycles. The molecule has 1 N–H and O–H groups in total. The number of hydrogen-bond acceptors (Lipinski definition) is 5. The fraction of sp³-hybridized carbons (Fsp3) is 0.824. The standard InChI is InChI=1S/C17H29ClN4O2S/c1-17(2,3)24-16(23)19-13-8-6-12(7-9-13)14-20-21-15(22(14)4)25-11-5-10-18/h12-13H,5-11H2,1-4H3,(H,19,23). The maximum atomic E-state index is 11.9. The topological polar surface area (TPSA) is 69.0 Å². The summed E-state index contributed by atoms with van der Waals surface area (Å²) in [5, 5.41) is 12.6. The number of rotatable bonds is 6. The van der Waals surface area contributed by atoms with Crippen LogP contribution in [0.1, 0.15) is 64.6 Å². The van der Waals surface area contributed by atoms with E-state index in [9.17, 15) is 4.79 Å². The van der Waals surface area contributed by atoms with Crippen LogP contribution in [0.5, 0.6) is 0 Å². The molecule has 0 atom stereocenters. The maximum Gasteiger partial charge on any atom is 0.407 e. The molecule has 0 bridgehead atoms. The van der Waals surface area contributed by atoms with Crippen LogP contribution in [0.3, 0.4) is 0 Å². The molecule has 1 aliphatic carbocycles. The molecule has 1 aliphatic rings. The molecule has 1 aromatic rings. The average molecular weight is 389 g/mol. The highest BCUT2D eigenvalue weighted by Gasteiger charge is 2.28. The molecule has 0 radical (unpaired) electrons. The fourth-order valence-electron chi connectivity index (χ4n) is 3.00. The van der Waals surface area contributed by atoms with E-state index in [2.05, 4.69) is 20.1 Å². The van der Waals surface area contributed by atoms with E-state index >= 15 is 0 Å². The number of alkyl halides is 1. The number of alkyl carbamates (subject to hydrolysis) is 1. The third-order valence-corrected chi connectivity index (χ3v) is 5.56. The van der Waals surface area contributed by atoms with E-state index in [-0.39, 0.29) is 12.1 Å². The van der Waals surface area contributed by atoms with Crippen molar-refractivity contribution in [1.82, 2.24) is 20.1 Å². The lowest BCUT2D eigenvalue weighted by Crippen LogP contribution is -2.40. The van der Waals surface area contributed by atoms with E-state index in [4.69, 9.17) is 16.3 Å². The highest BCUT2D eigenvalue weighted by atomic mass is 35.5. The normalized spacial score (nSPS) is 21.2. The molecule has 8 heteroatoms. The van der Waals surface area contributed by atoms with Crippen LogP contribution in [-0.2, 0) is 11.8 Å². The Balaban J connectivity index is 1.83. The van der Waals surface area contributed by atoms with Crippen molar-refractivity contribution in [1.29, 1.82) is 0 Å². The summed E-state index contributed by atoms with van der Waals surface area (Å²) in [5.41, 5.74) is -0.461. The van der Waals surface area contributed by atoms with Gasteiger partial charge in [-0.15, -0.1) is 21.8 Å². The van der Waals surface area contributed by atoms with Crippen molar-refractivity contribution >= 4 is 29.5 Å². The smallest absolute Gasteiger partial charge is 0.407 e. The highest BCUT2D eigenvalue weighted by molar-refractivity contribution is 7.99. The van der Waals surface area contributed by atoms with Gasteiger partial charge in [0.15, 0.2) is 5.16 Å². The van der Waals surface area contributed by atoms with Crippen molar-refractivity contribution in [2.75, 3.05) is 11.6 Å². The Morgan fingerprint density at radius 1 is 1.32 bits per heavy atom. The van der Waals surface area contributed by atoms with Crippen molar-refractivity contribution in [3.63, 3.8) is 0 Å². The first-order valence-electron chi connectivity index (χ1n) is 8.87. The molecule has 1 aromatic heterocycles. The monoisotopic (exact) mass is 388 g/mol. The van der Waals surface area contributed by atoms with Crippen LogP contribution >= 0.6 is 23.4 Å². The predicted octanol–water partition coefficient (Wildman–Crippen LogP) is 4.09. The summed E-state index contributed by atoms with van der Waals surface area (Å²) < 4.78 is 7.43. The maximum absolute atomic E-state index is 11.9. The van der Waals surface area contributed by atoms with Crippen molar-refractivity contribution in [2.45, 2.75) is 75.6 Å². The molecule has 0 spiro atoms. The average Bonchev–Trinajstić information content (AvgIpc) is 2.88. The summed E-state index contributed by atoms with van der Waals surface area (Å²) in [6.07, 6.45) is 4.51. The Labute approximate surface area is 159 Å². The van der Waals surface area contributed by atoms with E-state index < -0.39 is 5.60 Å². The highest BCUT2D eigenvalue weighted by Crippen LogP contribution is 2.33. The molecule has 1 heterocycles. The van der Waals surface area contributed by atoms with Crippen molar-refractivity contribution in [3.05, 3.63) is 5.82 Å². The molecule has 6 nitrogen and oxygen atoms in total. The number of nitrogens with zero attached hydrogens (tertiary/aromatic N) is 3. The zero-order chi connectivity index (χ0) is 18.4. The molecule has 142 valence electrons. The number of ether oxygens (including phenoxy) is 1. The summed E-state index contributed by atoms with van der Waals surface area (Å²) in [7, 11) is 2.03. The molecular weight excluding hydrogens is 360 g/mol. The second-order valence-corrected chi connectivity index (χ2v) is 8.93. The van der Waals surface area contributed by atoms with E-state index in [0.717, 1.165) is 48.8 Å². The second-order valence-electron chi connectivity index (χ2n) is 7.49. The zero-order valence-electron chi connectivity index (χ0n) is 15.5. The quantitative estimate of drug-likeness (QED) is 0.451. The largest absolute Gasteiger partial charge is 0.444 e. The van der Waals surface area contributed by atoms with Gasteiger partial charge in [-0.3, -0.25) is 0 Å². The van der Waals surface area contributed by atoms with E-state index in [1.807, 2.05) is 27.8 Å². The van der Waals surface area contributed by atoms with Crippen LogP contribution in [-0.4, -0.2) is 44.1 Å². The number of carbonyl (C=O) groups excluding carboxylic acids is 1. The number of thioether (sulfide) groups is 1. The lowest BCUT2D eigenvalue weighted by Gasteiger charge is -2.29. The van der Waals surface area contributed by atoms with Crippen molar-refractivity contribution in [2.24, 2.45) is 7.05 Å². The summed E-state index contributed by atoms with van der Waals surface area (Å²) in [6, 6.07) is 0.178. The first-order valence-corrected chi connectivity index (χ1v) is 10.4. The molecule has 2 rings (SSSR count). The van der Waals surface area contributed by atoms with E-state index in [1.54, 1.807) is 11.8 Å². The summed E-state index contributed by atoms with van der Waals surface area (Å²) in [4.78, 5) is 11.9. The fourth-order valence-corrected chi connectivity index (χ4v) is 4.14. The zero-order valence-corrected chi connectivity index (χ0v) is 17.1. The summed E-state index contributed by atoms with van der Waals surface area (Å²) in [6.45, 7) is 5.63. The van der Waals surface area contributed by atoms with Crippen LogP contribution in [0.2, 0.25) is 0 Å². The van der Waals surface area contributed by atoms with Gasteiger partial charge in [0.25, 0.3) is 0 Å². The van der Waals surface area contributed by atoms with Crippen LogP contribution < -0.4 is 5.32 Å². The molecular formula is C17H29ClN4O2S. The van der Waals surface area contributed by atoms with Crippen LogP contribution in [0.4, 0.5) is 4.79 Å². The molecule has 25 heavy (non-hydrogen) atoms. The van der Waals surface area contributed by atoms with Gasteiger partial charge in [-0.25, -0.2) is 4.79 Å². The third-order valence-electron chi connectivity index (χ3n) is 4.19. The van der Waals surface area contributed by atoms with Gasteiger partial charge in [0.2, 0.25) is 0 Å². The van der Waals surface area contributed by atoms with Crippen molar-refractivity contribution < 1.29 is 9.53 Å². The molecule has 0 aliphatic heterocycles. The van der Waals surface area contributed by atoms with Gasteiger partial charge in [0, 0.05) is 30.6 Å². The summed E-state index contributed by atoms with van der Waals surface area (Å²) in [5.74, 6) is 3.08. The van der Waals surface area contributed by atoms with Gasteiger partial charge in [-0.2, -0.15) is 0 Å². The number of carbonyl (C=O) groups is 1. The minimum Gasteiger partial charge on any atom is -0.444 e. The Bertz CT molecular complexity index is 565. The first kappa shape index (κ1) is 20.4. The van der Waals surface area contributed by atoms with Crippen LogP contribution in [0.25, 0.3) is 0 Å². The van der Waals surface area contributed by atoms with Crippen LogP contribution in [0.15, 0.2) is 5.16 Å². The Kier molecular flexibility index (Phi) is 7.43. The van der Waals surface area contributed by atoms with Crippen molar-refractivity contribution in [3.8, 4) is 0 Å². The molecule has 0 aromatic carbocycles. The van der Waals surface area contributed by atoms with Gasteiger partial charge in [0.1, 0.15) is 11.4 Å². The Morgan fingerprint density at radius 2 is 2.00 bits per heavy atom. The number of halogens is 1. The SMILES string of the molecule is Cn1c(SCCCCl)nnc1C1CCC(NC(=O)OC(C)(C)C)CC1. The Hall–Kier alpha value is -0.950. The van der Waals surface area contributed by atoms with Gasteiger partial charge < -0.3 is 14.6 Å². The number of amides is 1. The third kappa shape index (κ3) is 6.37. The minimum atomic E-state index is -0.461. The Morgan fingerprint density at radius 3 is 2.60 bits per heavy atom. The predicted molar refractivity (Wildman–Crippen MR) is 101 cm³/mol. The van der Waals surface area contributed by atoms with E-state index in [1.165, 1.54) is 0 Å². The molecule has 1 amide bonds. The summed E-state index contributed by atoms with van der Waals surface area (Å²) >= 11 is 7.43. The van der Waals surface area contributed by atoms with Gasteiger partial charge in [-0.1, -0.05) is 11.8 Å².